The number of methoxy groups -OCH3 is 1. The van der Waals surface area contributed by atoms with Crippen molar-refractivity contribution in [3.8, 4) is 5.75 Å². The summed E-state index contributed by atoms with van der Waals surface area (Å²) < 4.78 is 18.6. The molecule has 0 spiro atoms. The fraction of sp³-hybridized carbons (Fsp3) is 0.111. The molecule has 0 amide bonds. The molecule has 0 saturated carbocycles. The van der Waals surface area contributed by atoms with E-state index in [0.29, 0.717) is 17.9 Å². The number of nitrogens with one attached hydrogen (secondary N) is 2. The standard InChI is InChI=1S/C18H15FN4O/c1-24-13-5-2-11(3-6-13)9-20-18-17-16(21-10-22-18)14-8-12(19)4-7-15(14)23-17/h2-8,10,23H,9H2,1H3,(H,20,21,22). The normalized spacial score (nSPS) is 11.1. The molecule has 0 atom stereocenters. The average molecular weight is 322 g/mol. The third kappa shape index (κ3) is 2.52. The lowest BCUT2D eigenvalue weighted by atomic mass is 10.2. The van der Waals surface area contributed by atoms with E-state index < -0.39 is 0 Å². The third-order valence-electron chi connectivity index (χ3n) is 3.96. The molecule has 0 unspecified atom stereocenters. The van der Waals surface area contributed by atoms with E-state index >= 15 is 0 Å². The number of anilines is 1. The van der Waals surface area contributed by atoms with Gasteiger partial charge in [0.15, 0.2) is 5.82 Å². The Labute approximate surface area is 137 Å². The van der Waals surface area contributed by atoms with Crippen molar-refractivity contribution in [1.29, 1.82) is 0 Å². The summed E-state index contributed by atoms with van der Waals surface area (Å²) in [6, 6.07) is 12.4. The number of aromatic nitrogens is 3. The minimum Gasteiger partial charge on any atom is -0.497 e. The first-order valence-electron chi connectivity index (χ1n) is 7.53. The van der Waals surface area contributed by atoms with Crippen molar-refractivity contribution in [3.05, 3.63) is 60.2 Å². The number of hydrogen-bond donors (Lipinski definition) is 2. The summed E-state index contributed by atoms with van der Waals surface area (Å²) in [4.78, 5) is 11.8. The van der Waals surface area contributed by atoms with Gasteiger partial charge in [-0.2, -0.15) is 0 Å². The topological polar surface area (TPSA) is 62.8 Å². The predicted octanol–water partition coefficient (Wildman–Crippen LogP) is 3.87. The van der Waals surface area contributed by atoms with E-state index in [1.807, 2.05) is 24.3 Å². The molecule has 0 bridgehead atoms. The van der Waals surface area contributed by atoms with Gasteiger partial charge in [-0.1, -0.05) is 12.1 Å². The Kier molecular flexibility index (Phi) is 3.49. The van der Waals surface area contributed by atoms with Crippen LogP contribution in [0.3, 0.4) is 0 Å². The highest BCUT2D eigenvalue weighted by Gasteiger charge is 2.11. The van der Waals surface area contributed by atoms with Gasteiger partial charge in [0.1, 0.15) is 28.9 Å². The molecule has 0 radical (unpaired) electrons. The minimum absolute atomic E-state index is 0.283. The number of benzene rings is 2. The highest BCUT2D eigenvalue weighted by Crippen LogP contribution is 2.28. The summed E-state index contributed by atoms with van der Waals surface area (Å²) in [7, 11) is 1.64. The number of rotatable bonds is 4. The van der Waals surface area contributed by atoms with Crippen LogP contribution in [-0.2, 0) is 6.54 Å². The lowest BCUT2D eigenvalue weighted by Crippen LogP contribution is -2.02. The van der Waals surface area contributed by atoms with E-state index in [4.69, 9.17) is 4.74 Å². The van der Waals surface area contributed by atoms with Crippen LogP contribution in [0.5, 0.6) is 5.75 Å². The molecule has 0 aliphatic carbocycles. The molecule has 6 heteroatoms. The van der Waals surface area contributed by atoms with E-state index in [-0.39, 0.29) is 5.82 Å². The van der Waals surface area contributed by atoms with Crippen LogP contribution in [0.2, 0.25) is 0 Å². The largest absolute Gasteiger partial charge is 0.497 e. The number of ether oxygens (including phenoxy) is 1. The molecule has 2 aromatic heterocycles. The molecule has 120 valence electrons. The molecule has 2 aromatic carbocycles. The summed E-state index contributed by atoms with van der Waals surface area (Å²) in [5, 5.41) is 4.05. The number of nitrogens with zero attached hydrogens (tertiary/aromatic N) is 2. The number of halogens is 1. The molecule has 5 nitrogen and oxygen atoms in total. The van der Waals surface area contributed by atoms with Gasteiger partial charge in [-0.25, -0.2) is 14.4 Å². The van der Waals surface area contributed by atoms with Crippen LogP contribution in [0.1, 0.15) is 5.56 Å². The quantitative estimate of drug-likeness (QED) is 0.599. The maximum atomic E-state index is 13.5. The lowest BCUT2D eigenvalue weighted by Gasteiger charge is -2.07. The summed E-state index contributed by atoms with van der Waals surface area (Å²) in [6.45, 7) is 0.611. The van der Waals surface area contributed by atoms with Gasteiger partial charge in [-0.3, -0.25) is 0 Å². The maximum Gasteiger partial charge on any atom is 0.154 e. The van der Waals surface area contributed by atoms with Crippen molar-refractivity contribution < 1.29 is 9.13 Å². The van der Waals surface area contributed by atoms with Crippen LogP contribution in [0, 0.1) is 5.82 Å². The van der Waals surface area contributed by atoms with Crippen LogP contribution in [0.4, 0.5) is 10.2 Å². The van der Waals surface area contributed by atoms with Gasteiger partial charge in [0.25, 0.3) is 0 Å². The summed E-state index contributed by atoms with van der Waals surface area (Å²) in [6.07, 6.45) is 1.48. The van der Waals surface area contributed by atoms with Crippen LogP contribution in [0.15, 0.2) is 48.8 Å². The number of H-pyrrole nitrogens is 1. The Morgan fingerprint density at radius 2 is 1.96 bits per heavy atom. The molecular weight excluding hydrogens is 307 g/mol. The Morgan fingerprint density at radius 1 is 1.12 bits per heavy atom. The lowest BCUT2D eigenvalue weighted by molar-refractivity contribution is 0.414. The molecule has 0 aliphatic heterocycles. The van der Waals surface area contributed by atoms with E-state index in [1.165, 1.54) is 18.5 Å². The first-order chi connectivity index (χ1) is 11.7. The van der Waals surface area contributed by atoms with Crippen molar-refractivity contribution in [2.45, 2.75) is 6.54 Å². The van der Waals surface area contributed by atoms with Gasteiger partial charge in [0.05, 0.1) is 7.11 Å². The number of aromatic amines is 1. The second kappa shape index (κ2) is 5.81. The Hall–Kier alpha value is -3.15. The zero-order valence-electron chi connectivity index (χ0n) is 13.0. The first kappa shape index (κ1) is 14.4. The van der Waals surface area contributed by atoms with Gasteiger partial charge in [-0.15, -0.1) is 0 Å². The van der Waals surface area contributed by atoms with Crippen molar-refractivity contribution in [2.75, 3.05) is 12.4 Å². The minimum atomic E-state index is -0.283. The second-order valence-corrected chi connectivity index (χ2v) is 5.46. The molecule has 2 heterocycles. The predicted molar refractivity (Wildman–Crippen MR) is 91.7 cm³/mol. The van der Waals surface area contributed by atoms with Crippen molar-refractivity contribution in [3.63, 3.8) is 0 Å². The van der Waals surface area contributed by atoms with Crippen molar-refractivity contribution >= 4 is 27.8 Å². The fourth-order valence-corrected chi connectivity index (χ4v) is 2.73. The van der Waals surface area contributed by atoms with Gasteiger partial charge in [-0.05, 0) is 35.9 Å². The highest BCUT2D eigenvalue weighted by molar-refractivity contribution is 6.07. The van der Waals surface area contributed by atoms with Crippen molar-refractivity contribution in [1.82, 2.24) is 15.0 Å². The van der Waals surface area contributed by atoms with Crippen LogP contribution in [-0.4, -0.2) is 22.1 Å². The Bertz CT molecular complexity index is 1010. The number of fused-ring (bicyclic) bond motifs is 3. The van der Waals surface area contributed by atoms with E-state index in [1.54, 1.807) is 13.2 Å². The first-order valence-corrected chi connectivity index (χ1v) is 7.53. The smallest absolute Gasteiger partial charge is 0.154 e. The van der Waals surface area contributed by atoms with E-state index in [0.717, 1.165) is 27.7 Å². The second-order valence-electron chi connectivity index (χ2n) is 5.46. The summed E-state index contributed by atoms with van der Waals surface area (Å²) >= 11 is 0. The van der Waals surface area contributed by atoms with E-state index in [2.05, 4.69) is 20.3 Å². The molecule has 2 N–H and O–H groups in total. The average Bonchev–Trinajstić information content (AvgIpc) is 2.99. The van der Waals surface area contributed by atoms with E-state index in [9.17, 15) is 4.39 Å². The van der Waals surface area contributed by atoms with Crippen molar-refractivity contribution in [2.24, 2.45) is 0 Å². The van der Waals surface area contributed by atoms with Gasteiger partial charge in [0.2, 0.25) is 0 Å². The molecular formula is C18H15FN4O. The molecule has 0 aliphatic rings. The van der Waals surface area contributed by atoms with Gasteiger partial charge >= 0.3 is 0 Å². The fourth-order valence-electron chi connectivity index (χ4n) is 2.73. The van der Waals surface area contributed by atoms with Crippen LogP contribution < -0.4 is 10.1 Å². The zero-order chi connectivity index (χ0) is 16.5. The molecule has 4 aromatic rings. The molecule has 0 fully saturated rings. The molecule has 4 rings (SSSR count). The van der Waals surface area contributed by atoms with Gasteiger partial charge < -0.3 is 15.0 Å². The Morgan fingerprint density at radius 3 is 2.75 bits per heavy atom. The van der Waals surface area contributed by atoms with Crippen LogP contribution in [0.25, 0.3) is 21.9 Å². The maximum absolute atomic E-state index is 13.5. The molecule has 0 saturated heterocycles. The SMILES string of the molecule is COc1ccc(CNc2ncnc3c2[nH]c2ccc(F)cc23)cc1. The number of hydrogen-bond acceptors (Lipinski definition) is 4. The van der Waals surface area contributed by atoms with Gasteiger partial charge in [0, 0.05) is 17.4 Å². The monoisotopic (exact) mass is 322 g/mol. The Balaban J connectivity index is 1.67. The zero-order valence-corrected chi connectivity index (χ0v) is 13.0. The molecule has 24 heavy (non-hydrogen) atoms. The highest BCUT2D eigenvalue weighted by atomic mass is 19.1. The third-order valence-corrected chi connectivity index (χ3v) is 3.96. The summed E-state index contributed by atoms with van der Waals surface area (Å²) in [5.74, 6) is 1.23. The summed E-state index contributed by atoms with van der Waals surface area (Å²) in [5.41, 5.74) is 3.41. The van der Waals surface area contributed by atoms with Crippen LogP contribution >= 0.6 is 0 Å².